The lowest BCUT2D eigenvalue weighted by Gasteiger charge is -2.10. The summed E-state index contributed by atoms with van der Waals surface area (Å²) < 4.78 is 6.82. The van der Waals surface area contributed by atoms with Gasteiger partial charge in [-0.25, -0.2) is 0 Å². The van der Waals surface area contributed by atoms with Gasteiger partial charge in [-0.3, -0.25) is 4.79 Å². The third-order valence-corrected chi connectivity index (χ3v) is 3.32. The van der Waals surface area contributed by atoms with Gasteiger partial charge in [0.25, 0.3) is 0 Å². The first-order valence-corrected chi connectivity index (χ1v) is 6.61. The van der Waals surface area contributed by atoms with E-state index in [4.69, 9.17) is 10.5 Å². The van der Waals surface area contributed by atoms with Crippen LogP contribution in [0.2, 0.25) is 0 Å². The van der Waals surface area contributed by atoms with E-state index in [2.05, 4.69) is 15.9 Å². The zero-order valence-corrected chi connectivity index (χ0v) is 12.3. The highest BCUT2D eigenvalue weighted by Gasteiger charge is 2.07. The summed E-state index contributed by atoms with van der Waals surface area (Å²) in [5, 5.41) is 0. The minimum Gasteiger partial charge on any atom is -0.457 e. The van der Waals surface area contributed by atoms with Crippen LogP contribution in [0.5, 0.6) is 11.5 Å². The fourth-order valence-corrected chi connectivity index (χ4v) is 2.31. The average molecular weight is 320 g/mol. The Hall–Kier alpha value is -1.81. The number of amides is 1. The topological polar surface area (TPSA) is 52.3 Å². The van der Waals surface area contributed by atoms with Gasteiger partial charge in [-0.15, -0.1) is 0 Å². The van der Waals surface area contributed by atoms with Crippen molar-refractivity contribution in [1.29, 1.82) is 0 Å². The molecule has 0 unspecified atom stereocenters. The highest BCUT2D eigenvalue weighted by Crippen LogP contribution is 2.28. The van der Waals surface area contributed by atoms with Crippen LogP contribution < -0.4 is 10.5 Å². The van der Waals surface area contributed by atoms with Crippen molar-refractivity contribution in [2.45, 2.75) is 13.8 Å². The summed E-state index contributed by atoms with van der Waals surface area (Å²) >= 11 is 3.41. The molecule has 4 heteroatoms. The largest absolute Gasteiger partial charge is 0.457 e. The van der Waals surface area contributed by atoms with Crippen molar-refractivity contribution in [3.05, 3.63) is 57.6 Å². The molecule has 0 saturated carbocycles. The van der Waals surface area contributed by atoms with Gasteiger partial charge in [0.1, 0.15) is 11.5 Å². The number of carbonyl (C=O) groups is 1. The predicted octanol–water partition coefficient (Wildman–Crippen LogP) is 3.96. The van der Waals surface area contributed by atoms with Gasteiger partial charge in [-0.2, -0.15) is 0 Å². The molecule has 2 rings (SSSR count). The number of carbonyl (C=O) groups excluding carboxylic acids is 1. The zero-order chi connectivity index (χ0) is 14.0. The summed E-state index contributed by atoms with van der Waals surface area (Å²) in [6, 6.07) is 11.0. The number of hydrogen-bond donors (Lipinski definition) is 1. The van der Waals surface area contributed by atoms with Gasteiger partial charge in [-0.1, -0.05) is 15.9 Å². The molecule has 98 valence electrons. The summed E-state index contributed by atoms with van der Waals surface area (Å²) in [6.07, 6.45) is 0. The summed E-state index contributed by atoms with van der Waals surface area (Å²) in [5.41, 5.74) is 7.63. The molecule has 2 aromatic carbocycles. The SMILES string of the molecule is Cc1cc(Br)ccc1Oc1ccc(C(N)=O)c(C)c1. The first-order valence-electron chi connectivity index (χ1n) is 5.82. The lowest BCUT2D eigenvalue weighted by Crippen LogP contribution is -2.12. The van der Waals surface area contributed by atoms with Gasteiger partial charge in [0.15, 0.2) is 0 Å². The molecule has 0 aliphatic heterocycles. The van der Waals surface area contributed by atoms with Gasteiger partial charge in [0.05, 0.1) is 0 Å². The first kappa shape index (κ1) is 13.6. The molecule has 0 heterocycles. The smallest absolute Gasteiger partial charge is 0.248 e. The van der Waals surface area contributed by atoms with Crippen LogP contribution in [0.25, 0.3) is 0 Å². The Morgan fingerprint density at radius 2 is 1.84 bits per heavy atom. The highest BCUT2D eigenvalue weighted by molar-refractivity contribution is 9.10. The maximum atomic E-state index is 11.2. The fourth-order valence-electron chi connectivity index (χ4n) is 1.83. The van der Waals surface area contributed by atoms with E-state index in [1.54, 1.807) is 12.1 Å². The molecule has 0 aliphatic carbocycles. The number of nitrogens with two attached hydrogens (primary N) is 1. The second-order valence-electron chi connectivity index (χ2n) is 4.35. The van der Waals surface area contributed by atoms with Gasteiger partial charge < -0.3 is 10.5 Å². The van der Waals surface area contributed by atoms with Crippen LogP contribution in [0.1, 0.15) is 21.5 Å². The third kappa shape index (κ3) is 3.15. The molecule has 2 aromatic rings. The van der Waals surface area contributed by atoms with Gasteiger partial charge in [-0.05, 0) is 61.4 Å². The van der Waals surface area contributed by atoms with E-state index in [0.717, 1.165) is 21.3 Å². The highest BCUT2D eigenvalue weighted by atomic mass is 79.9. The monoisotopic (exact) mass is 319 g/mol. The number of aryl methyl sites for hydroxylation is 2. The molecule has 0 radical (unpaired) electrons. The Morgan fingerprint density at radius 1 is 1.11 bits per heavy atom. The number of ether oxygens (including phenoxy) is 1. The number of benzene rings is 2. The molecule has 3 nitrogen and oxygen atoms in total. The molecule has 0 aromatic heterocycles. The molecule has 0 aliphatic rings. The van der Waals surface area contributed by atoms with Crippen molar-refractivity contribution in [3.63, 3.8) is 0 Å². The Bertz CT molecular complexity index is 638. The lowest BCUT2D eigenvalue weighted by molar-refractivity contribution is 0.0999. The third-order valence-electron chi connectivity index (χ3n) is 2.83. The number of hydrogen-bond acceptors (Lipinski definition) is 2. The Morgan fingerprint density at radius 3 is 2.42 bits per heavy atom. The zero-order valence-electron chi connectivity index (χ0n) is 10.7. The van der Waals surface area contributed by atoms with Crippen molar-refractivity contribution in [1.82, 2.24) is 0 Å². The summed E-state index contributed by atoms with van der Waals surface area (Å²) in [5.74, 6) is 1.05. The Balaban J connectivity index is 2.29. The van der Waals surface area contributed by atoms with E-state index in [9.17, 15) is 4.79 Å². The van der Waals surface area contributed by atoms with E-state index in [1.807, 2.05) is 38.1 Å². The van der Waals surface area contributed by atoms with E-state index < -0.39 is 5.91 Å². The van der Waals surface area contributed by atoms with Crippen molar-refractivity contribution >= 4 is 21.8 Å². The molecule has 1 amide bonds. The Labute approximate surface area is 120 Å². The summed E-state index contributed by atoms with van der Waals surface area (Å²) in [7, 11) is 0. The quantitative estimate of drug-likeness (QED) is 0.931. The van der Waals surface area contributed by atoms with Gasteiger partial charge >= 0.3 is 0 Å². The van der Waals surface area contributed by atoms with Crippen LogP contribution in [0.3, 0.4) is 0 Å². The normalized spacial score (nSPS) is 10.3. The van der Waals surface area contributed by atoms with Crippen LogP contribution in [-0.2, 0) is 0 Å². The number of rotatable bonds is 3. The van der Waals surface area contributed by atoms with Crippen LogP contribution in [0.4, 0.5) is 0 Å². The minimum atomic E-state index is -0.427. The molecule has 19 heavy (non-hydrogen) atoms. The second kappa shape index (κ2) is 5.45. The van der Waals surface area contributed by atoms with Crippen molar-refractivity contribution in [2.75, 3.05) is 0 Å². The van der Waals surface area contributed by atoms with Crippen molar-refractivity contribution < 1.29 is 9.53 Å². The molecule has 0 saturated heterocycles. The minimum absolute atomic E-state index is 0.427. The molecule has 0 fully saturated rings. The molecular weight excluding hydrogens is 306 g/mol. The molecule has 0 bridgehead atoms. The van der Waals surface area contributed by atoms with Crippen LogP contribution in [-0.4, -0.2) is 5.91 Å². The second-order valence-corrected chi connectivity index (χ2v) is 5.27. The fraction of sp³-hybridized carbons (Fsp3) is 0.133. The Kier molecular flexibility index (Phi) is 3.90. The number of halogens is 1. The maximum absolute atomic E-state index is 11.2. The van der Waals surface area contributed by atoms with E-state index in [1.165, 1.54) is 0 Å². The van der Waals surface area contributed by atoms with E-state index in [0.29, 0.717) is 11.3 Å². The summed E-state index contributed by atoms with van der Waals surface area (Å²) in [6.45, 7) is 3.81. The summed E-state index contributed by atoms with van der Waals surface area (Å²) in [4.78, 5) is 11.2. The number of primary amides is 1. The van der Waals surface area contributed by atoms with E-state index in [-0.39, 0.29) is 0 Å². The van der Waals surface area contributed by atoms with Crippen LogP contribution >= 0.6 is 15.9 Å². The predicted molar refractivity (Wildman–Crippen MR) is 78.6 cm³/mol. The van der Waals surface area contributed by atoms with Crippen molar-refractivity contribution in [3.8, 4) is 11.5 Å². The van der Waals surface area contributed by atoms with Crippen molar-refractivity contribution in [2.24, 2.45) is 5.73 Å². The van der Waals surface area contributed by atoms with Crippen LogP contribution in [0.15, 0.2) is 40.9 Å². The molecular formula is C15H14BrNO2. The van der Waals surface area contributed by atoms with Crippen LogP contribution in [0, 0.1) is 13.8 Å². The average Bonchev–Trinajstić information content (AvgIpc) is 2.32. The van der Waals surface area contributed by atoms with E-state index >= 15 is 0 Å². The molecule has 0 atom stereocenters. The lowest BCUT2D eigenvalue weighted by atomic mass is 10.1. The van der Waals surface area contributed by atoms with Gasteiger partial charge in [0, 0.05) is 10.0 Å². The molecule has 0 spiro atoms. The first-order chi connectivity index (χ1) is 8.97. The maximum Gasteiger partial charge on any atom is 0.248 e. The van der Waals surface area contributed by atoms with Gasteiger partial charge in [0.2, 0.25) is 5.91 Å². The molecule has 2 N–H and O–H groups in total. The standard InChI is InChI=1S/C15H14BrNO2/c1-9-8-12(4-5-13(9)15(17)18)19-14-6-3-11(16)7-10(14)2/h3-8H,1-2H3,(H2,17,18).